The van der Waals surface area contributed by atoms with Gasteiger partial charge in [-0.25, -0.2) is 12.2 Å². The topological polar surface area (TPSA) is 0 Å². The summed E-state index contributed by atoms with van der Waals surface area (Å²) in [5.41, 5.74) is 0. The normalized spacial score (nSPS) is 11.0. The van der Waals surface area contributed by atoms with Gasteiger partial charge < -0.3 is 17.7 Å². The Kier molecular flexibility index (Phi) is 20.1. The van der Waals surface area contributed by atoms with Crippen molar-refractivity contribution < 1.29 is 23.9 Å². The maximum atomic E-state index is 2.99. The molecule has 0 aromatic heterocycles. The Morgan fingerprint density at radius 2 is 2.00 bits per heavy atom. The SMILES string of the molecule is [C-]1=CC=CC1.[CH3-].[CH3-].[H-].[H-].[W+2]. The second-order valence-corrected chi connectivity index (χ2v) is 1.00. The van der Waals surface area contributed by atoms with Gasteiger partial charge >= 0.3 is 21.1 Å². The van der Waals surface area contributed by atoms with Crippen LogP contribution in [0.5, 0.6) is 0 Å². The van der Waals surface area contributed by atoms with Crippen LogP contribution in [0.3, 0.4) is 0 Å². The summed E-state index contributed by atoms with van der Waals surface area (Å²) < 4.78 is 0. The molecule has 1 rings (SSSR count). The van der Waals surface area contributed by atoms with Crippen LogP contribution in [0.25, 0.3) is 0 Å². The van der Waals surface area contributed by atoms with E-state index in [0.29, 0.717) is 0 Å². The largest absolute Gasteiger partial charge is 2.00 e. The van der Waals surface area contributed by atoms with Crippen molar-refractivity contribution in [2.45, 2.75) is 6.42 Å². The molecule has 0 heterocycles. The summed E-state index contributed by atoms with van der Waals surface area (Å²) in [5, 5.41) is 0. The van der Waals surface area contributed by atoms with Crippen LogP contribution in [0.15, 0.2) is 18.2 Å². The third-order valence-electron chi connectivity index (χ3n) is 0.586. The Balaban J connectivity index is -0.0000000167. The van der Waals surface area contributed by atoms with E-state index >= 15 is 0 Å². The summed E-state index contributed by atoms with van der Waals surface area (Å²) in [4.78, 5) is 0. The molecule has 0 spiro atoms. The minimum atomic E-state index is 0. The van der Waals surface area contributed by atoms with E-state index in [-0.39, 0.29) is 38.8 Å². The van der Waals surface area contributed by atoms with Gasteiger partial charge in [-0.3, -0.25) is 6.08 Å². The van der Waals surface area contributed by atoms with Gasteiger partial charge in [-0.1, -0.05) is 0 Å². The Morgan fingerprint density at radius 1 is 1.38 bits per heavy atom. The van der Waals surface area contributed by atoms with Crippen LogP contribution in [0.4, 0.5) is 0 Å². The number of rotatable bonds is 0. The van der Waals surface area contributed by atoms with Crippen molar-refractivity contribution >= 4 is 0 Å². The average Bonchev–Trinajstić information content (AvgIpc) is 1.76. The second-order valence-electron chi connectivity index (χ2n) is 1.00. The van der Waals surface area contributed by atoms with Crippen molar-refractivity contribution in [3.8, 4) is 0 Å². The first kappa shape index (κ1) is 15.7. The summed E-state index contributed by atoms with van der Waals surface area (Å²) in [6.45, 7) is 0. The molecule has 0 atom stereocenters. The van der Waals surface area contributed by atoms with Crippen molar-refractivity contribution in [2.24, 2.45) is 0 Å². The number of allylic oxidation sites excluding steroid dienone is 4. The van der Waals surface area contributed by atoms with Gasteiger partial charge in [-0.05, 0) is 0 Å². The fourth-order valence-corrected chi connectivity index (χ4v) is 0.340. The maximum absolute atomic E-state index is 2.99. The van der Waals surface area contributed by atoms with Crippen molar-refractivity contribution in [1.82, 2.24) is 0 Å². The molecule has 0 aromatic carbocycles. The molecule has 0 aromatic rings. The molecule has 8 heavy (non-hydrogen) atoms. The van der Waals surface area contributed by atoms with Crippen LogP contribution in [0.1, 0.15) is 9.27 Å². The Labute approximate surface area is 69.9 Å². The van der Waals surface area contributed by atoms with Crippen molar-refractivity contribution in [2.75, 3.05) is 0 Å². The predicted octanol–water partition coefficient (Wildman–Crippen LogP) is 2.43. The van der Waals surface area contributed by atoms with Crippen molar-refractivity contribution in [3.63, 3.8) is 0 Å². The minimum Gasteiger partial charge on any atom is -1.00 e. The summed E-state index contributed by atoms with van der Waals surface area (Å²) >= 11 is 0. The third kappa shape index (κ3) is 6.17. The van der Waals surface area contributed by atoms with Crippen LogP contribution in [0, 0.1) is 20.9 Å². The third-order valence-corrected chi connectivity index (χ3v) is 0.586. The first-order chi connectivity index (χ1) is 2.50. The minimum absolute atomic E-state index is 0. The molecule has 0 fully saturated rings. The first-order valence-electron chi connectivity index (χ1n) is 1.72. The van der Waals surface area contributed by atoms with E-state index in [1.54, 1.807) is 0 Å². The monoisotopic (exact) mass is 281 g/mol. The molecule has 0 aliphatic heterocycles. The molecular weight excluding hydrogens is 268 g/mol. The van der Waals surface area contributed by atoms with Gasteiger partial charge in [0.15, 0.2) is 0 Å². The van der Waals surface area contributed by atoms with E-state index in [9.17, 15) is 0 Å². The average molecular weight is 281 g/mol. The van der Waals surface area contributed by atoms with Crippen LogP contribution in [0.2, 0.25) is 0 Å². The standard InChI is InChI=1S/C5H5.2CH3.W.2H/c1-2-4-5-3-1;;;;;/h1-3H,4H2;2*1H3;;;/q3*-1;+2;2*-1. The fraction of sp³-hybridized carbons (Fsp3) is 0.143. The molecule has 1 aliphatic rings. The quantitative estimate of drug-likeness (QED) is 0.598. The van der Waals surface area contributed by atoms with Crippen molar-refractivity contribution in [3.05, 3.63) is 39.2 Å². The molecule has 0 saturated heterocycles. The molecule has 1 heteroatoms. The molecule has 0 bridgehead atoms. The van der Waals surface area contributed by atoms with Gasteiger partial charge in [-0.2, -0.15) is 6.08 Å². The zero-order chi connectivity index (χ0) is 3.54. The van der Waals surface area contributed by atoms with E-state index in [1.165, 1.54) is 0 Å². The first-order valence-corrected chi connectivity index (χ1v) is 1.72. The molecule has 0 radical (unpaired) electrons. The van der Waals surface area contributed by atoms with Crippen LogP contribution in [-0.4, -0.2) is 0 Å². The molecule has 0 unspecified atom stereocenters. The Hall–Kier alpha value is 0.168. The summed E-state index contributed by atoms with van der Waals surface area (Å²) in [6.07, 6.45) is 10.0. The van der Waals surface area contributed by atoms with E-state index in [1.807, 2.05) is 12.2 Å². The van der Waals surface area contributed by atoms with Gasteiger partial charge in [0.05, 0.1) is 0 Å². The van der Waals surface area contributed by atoms with Crippen LogP contribution >= 0.6 is 0 Å². The predicted molar refractivity (Wildman–Crippen MR) is 36.6 cm³/mol. The van der Waals surface area contributed by atoms with Gasteiger partial charge in [0.2, 0.25) is 0 Å². The summed E-state index contributed by atoms with van der Waals surface area (Å²) in [6, 6.07) is 0. The van der Waals surface area contributed by atoms with Gasteiger partial charge in [0.25, 0.3) is 0 Å². The second kappa shape index (κ2) is 10.2. The Morgan fingerprint density at radius 3 is 2.12 bits per heavy atom. The molecule has 0 nitrogen and oxygen atoms in total. The smallest absolute Gasteiger partial charge is 1.00 e. The number of hydrogen-bond acceptors (Lipinski definition) is 0. The number of hydrogen-bond donors (Lipinski definition) is 0. The molecular formula is C7H13W-3. The maximum Gasteiger partial charge on any atom is 2.00 e. The van der Waals surface area contributed by atoms with E-state index < -0.39 is 0 Å². The fourth-order valence-electron chi connectivity index (χ4n) is 0.340. The van der Waals surface area contributed by atoms with Crippen LogP contribution < -0.4 is 0 Å². The van der Waals surface area contributed by atoms with Crippen molar-refractivity contribution in [1.29, 1.82) is 0 Å². The molecule has 0 N–H and O–H groups in total. The summed E-state index contributed by atoms with van der Waals surface area (Å²) in [5.74, 6) is 0. The van der Waals surface area contributed by atoms with Gasteiger partial charge in [0.1, 0.15) is 0 Å². The van der Waals surface area contributed by atoms with Gasteiger partial charge in [0, 0.05) is 0 Å². The molecule has 0 amide bonds. The Bertz CT molecular complexity index is 69.7. The molecule has 0 saturated carbocycles. The zero-order valence-electron chi connectivity index (χ0n) is 7.35. The van der Waals surface area contributed by atoms with E-state index in [2.05, 4.69) is 12.2 Å². The van der Waals surface area contributed by atoms with Gasteiger partial charge in [-0.15, -0.1) is 6.42 Å². The summed E-state index contributed by atoms with van der Waals surface area (Å²) in [7, 11) is 0. The zero-order valence-corrected chi connectivity index (χ0v) is 8.28. The van der Waals surface area contributed by atoms with Crippen LogP contribution in [-0.2, 0) is 21.1 Å². The molecule has 50 valence electrons. The molecule has 1 aliphatic carbocycles. The van der Waals surface area contributed by atoms with E-state index in [4.69, 9.17) is 0 Å². The van der Waals surface area contributed by atoms with E-state index in [0.717, 1.165) is 6.42 Å².